The van der Waals surface area contributed by atoms with Crippen LogP contribution in [0.25, 0.3) is 11.5 Å². The summed E-state index contributed by atoms with van der Waals surface area (Å²) >= 11 is 1.55. The third kappa shape index (κ3) is 3.65. The van der Waals surface area contributed by atoms with Gasteiger partial charge in [-0.15, -0.1) is 10.2 Å². The average molecular weight is 418 g/mol. The van der Waals surface area contributed by atoms with Gasteiger partial charge in [-0.2, -0.15) is 15.6 Å². The second kappa shape index (κ2) is 7.57. The van der Waals surface area contributed by atoms with Gasteiger partial charge in [0.1, 0.15) is 0 Å². The maximum absolute atomic E-state index is 13.0. The quantitative estimate of drug-likeness (QED) is 0.589. The highest BCUT2D eigenvalue weighted by atomic mass is 32.2. The van der Waals surface area contributed by atoms with E-state index in [1.165, 1.54) is 23.4 Å². The average Bonchev–Trinajstić information content (AvgIpc) is 3.40. The molecule has 0 radical (unpaired) electrons. The van der Waals surface area contributed by atoms with Crippen LogP contribution in [0.2, 0.25) is 0 Å². The molecule has 0 amide bonds. The summed E-state index contributed by atoms with van der Waals surface area (Å²) in [4.78, 5) is 11.6. The lowest BCUT2D eigenvalue weighted by Crippen LogP contribution is -2.39. The number of ketones is 1. The monoisotopic (exact) mass is 417 g/mol. The molecule has 7 nitrogen and oxygen atoms in total. The zero-order valence-electron chi connectivity index (χ0n) is 15.2. The van der Waals surface area contributed by atoms with Crippen LogP contribution in [0.15, 0.2) is 50.4 Å². The molecule has 3 aromatic rings. The molecule has 1 saturated heterocycles. The van der Waals surface area contributed by atoms with Crippen LogP contribution in [-0.2, 0) is 10.0 Å². The molecule has 9 heteroatoms. The number of hydrogen-bond donors (Lipinski definition) is 0. The number of nitrogens with zero attached hydrogens (tertiary/aromatic N) is 3. The van der Waals surface area contributed by atoms with Crippen molar-refractivity contribution in [2.45, 2.75) is 30.6 Å². The summed E-state index contributed by atoms with van der Waals surface area (Å²) in [5, 5.41) is 12.1. The molecule has 2 aromatic heterocycles. The number of benzene rings is 1. The Balaban J connectivity index is 1.54. The van der Waals surface area contributed by atoms with E-state index in [9.17, 15) is 13.2 Å². The first-order chi connectivity index (χ1) is 13.4. The van der Waals surface area contributed by atoms with Crippen LogP contribution in [0.1, 0.15) is 41.9 Å². The van der Waals surface area contributed by atoms with Crippen molar-refractivity contribution in [2.75, 3.05) is 13.1 Å². The number of rotatable bonds is 5. The second-order valence-corrected chi connectivity index (χ2v) is 9.46. The first-order valence-electron chi connectivity index (χ1n) is 8.92. The summed E-state index contributed by atoms with van der Waals surface area (Å²) in [6.45, 7) is 2.19. The molecule has 1 aromatic carbocycles. The SMILES string of the molecule is CC(=O)c1ccc(S(=O)(=O)N2CCCC(c3nnc(-c4ccsc4)o3)C2)cc1. The van der Waals surface area contributed by atoms with Crippen LogP contribution >= 0.6 is 11.3 Å². The lowest BCUT2D eigenvalue weighted by Gasteiger charge is -2.30. The van der Waals surface area contributed by atoms with Gasteiger partial charge in [-0.25, -0.2) is 8.42 Å². The fourth-order valence-electron chi connectivity index (χ4n) is 3.28. The molecule has 1 atom stereocenters. The largest absolute Gasteiger partial charge is 0.420 e. The minimum absolute atomic E-state index is 0.0974. The van der Waals surface area contributed by atoms with E-state index in [2.05, 4.69) is 10.2 Å². The first kappa shape index (κ1) is 19.0. The van der Waals surface area contributed by atoms with Gasteiger partial charge in [-0.05, 0) is 43.3 Å². The Morgan fingerprint density at radius 2 is 2.00 bits per heavy atom. The molecule has 3 heterocycles. The van der Waals surface area contributed by atoms with Crippen molar-refractivity contribution in [2.24, 2.45) is 0 Å². The Bertz CT molecular complexity index is 1070. The van der Waals surface area contributed by atoms with E-state index in [4.69, 9.17) is 4.42 Å². The minimum atomic E-state index is -3.65. The number of aromatic nitrogens is 2. The molecule has 4 rings (SSSR count). The Morgan fingerprint density at radius 3 is 2.68 bits per heavy atom. The van der Waals surface area contributed by atoms with Gasteiger partial charge in [0.25, 0.3) is 0 Å². The van der Waals surface area contributed by atoms with Crippen LogP contribution in [0.4, 0.5) is 0 Å². The highest BCUT2D eigenvalue weighted by Gasteiger charge is 2.33. The van der Waals surface area contributed by atoms with Crippen molar-refractivity contribution in [1.29, 1.82) is 0 Å². The Labute approximate surface area is 167 Å². The van der Waals surface area contributed by atoms with Crippen molar-refractivity contribution in [3.8, 4) is 11.5 Å². The maximum Gasteiger partial charge on any atom is 0.248 e. The lowest BCUT2D eigenvalue weighted by atomic mass is 10.00. The molecule has 146 valence electrons. The van der Waals surface area contributed by atoms with Crippen molar-refractivity contribution in [3.63, 3.8) is 0 Å². The molecule has 0 bridgehead atoms. The number of carbonyl (C=O) groups excluding carboxylic acids is 1. The Kier molecular flexibility index (Phi) is 5.13. The third-order valence-corrected chi connectivity index (χ3v) is 7.40. The van der Waals surface area contributed by atoms with Gasteiger partial charge >= 0.3 is 0 Å². The van der Waals surface area contributed by atoms with Crippen LogP contribution < -0.4 is 0 Å². The molecule has 0 spiro atoms. The minimum Gasteiger partial charge on any atom is -0.420 e. The summed E-state index contributed by atoms with van der Waals surface area (Å²) < 4.78 is 33.3. The number of sulfonamides is 1. The summed E-state index contributed by atoms with van der Waals surface area (Å²) in [5.74, 6) is 0.684. The van der Waals surface area contributed by atoms with E-state index < -0.39 is 10.0 Å². The number of carbonyl (C=O) groups is 1. The topological polar surface area (TPSA) is 93.4 Å². The zero-order valence-corrected chi connectivity index (χ0v) is 16.9. The lowest BCUT2D eigenvalue weighted by molar-refractivity contribution is 0.101. The van der Waals surface area contributed by atoms with Gasteiger partial charge in [-0.3, -0.25) is 4.79 Å². The molecular formula is C19H19N3O4S2. The van der Waals surface area contributed by atoms with E-state index >= 15 is 0 Å². The molecule has 1 aliphatic rings. The standard InChI is InChI=1S/C19H19N3O4S2/c1-13(23)14-4-6-17(7-5-14)28(24,25)22-9-2-3-15(11-22)18-20-21-19(26-18)16-8-10-27-12-16/h4-8,10,12,15H,2-3,9,11H2,1H3. The highest BCUT2D eigenvalue weighted by Crippen LogP contribution is 2.31. The predicted octanol–water partition coefficient (Wildman–Crippen LogP) is 3.57. The van der Waals surface area contributed by atoms with Gasteiger partial charge in [0.15, 0.2) is 5.78 Å². The van der Waals surface area contributed by atoms with Crippen LogP contribution in [0, 0.1) is 0 Å². The van der Waals surface area contributed by atoms with Gasteiger partial charge in [0, 0.05) is 29.6 Å². The zero-order chi connectivity index (χ0) is 19.7. The van der Waals surface area contributed by atoms with Gasteiger partial charge in [0.2, 0.25) is 21.8 Å². The first-order valence-corrected chi connectivity index (χ1v) is 11.3. The molecule has 1 fully saturated rings. The van der Waals surface area contributed by atoms with E-state index in [1.807, 2.05) is 16.8 Å². The predicted molar refractivity (Wildman–Crippen MR) is 105 cm³/mol. The highest BCUT2D eigenvalue weighted by molar-refractivity contribution is 7.89. The summed E-state index contributed by atoms with van der Waals surface area (Å²) in [5.41, 5.74) is 1.36. The number of thiophene rings is 1. The molecular weight excluding hydrogens is 398 g/mol. The Morgan fingerprint density at radius 1 is 1.21 bits per heavy atom. The van der Waals surface area contributed by atoms with E-state index in [1.54, 1.807) is 23.5 Å². The Hall–Kier alpha value is -2.36. The fraction of sp³-hybridized carbons (Fsp3) is 0.316. The van der Waals surface area contributed by atoms with E-state index in [0.29, 0.717) is 36.9 Å². The summed E-state index contributed by atoms with van der Waals surface area (Å²) in [7, 11) is -3.65. The van der Waals surface area contributed by atoms with Crippen molar-refractivity contribution < 1.29 is 17.6 Å². The summed E-state index contributed by atoms with van der Waals surface area (Å²) in [6, 6.07) is 7.96. The molecule has 28 heavy (non-hydrogen) atoms. The molecule has 1 unspecified atom stereocenters. The van der Waals surface area contributed by atoms with Crippen LogP contribution in [0.3, 0.4) is 0 Å². The van der Waals surface area contributed by atoms with E-state index in [0.717, 1.165) is 12.0 Å². The van der Waals surface area contributed by atoms with Crippen molar-refractivity contribution >= 4 is 27.1 Å². The number of hydrogen-bond acceptors (Lipinski definition) is 7. The summed E-state index contributed by atoms with van der Waals surface area (Å²) in [6.07, 6.45) is 1.51. The maximum atomic E-state index is 13.0. The van der Waals surface area contributed by atoms with Gasteiger partial charge < -0.3 is 4.42 Å². The van der Waals surface area contributed by atoms with Crippen LogP contribution in [0.5, 0.6) is 0 Å². The second-order valence-electron chi connectivity index (χ2n) is 6.74. The smallest absolute Gasteiger partial charge is 0.248 e. The van der Waals surface area contributed by atoms with Gasteiger partial charge in [-0.1, -0.05) is 12.1 Å². The van der Waals surface area contributed by atoms with Crippen molar-refractivity contribution in [1.82, 2.24) is 14.5 Å². The van der Waals surface area contributed by atoms with Crippen molar-refractivity contribution in [3.05, 3.63) is 52.5 Å². The fourth-order valence-corrected chi connectivity index (χ4v) is 5.43. The normalized spacial score (nSPS) is 18.2. The van der Waals surface area contributed by atoms with E-state index in [-0.39, 0.29) is 16.6 Å². The molecule has 0 N–H and O–H groups in total. The molecule has 1 aliphatic heterocycles. The number of piperidine rings is 1. The number of Topliss-reactive ketones (excluding diaryl/α,β-unsaturated/α-hetero) is 1. The molecule has 0 saturated carbocycles. The molecule has 0 aliphatic carbocycles. The third-order valence-electron chi connectivity index (χ3n) is 4.84. The van der Waals surface area contributed by atoms with Gasteiger partial charge in [0.05, 0.1) is 10.8 Å². The van der Waals surface area contributed by atoms with Crippen LogP contribution in [-0.4, -0.2) is 41.8 Å².